The van der Waals surface area contributed by atoms with Gasteiger partial charge >= 0.3 is 0 Å². The molecular formula is C16H18. The van der Waals surface area contributed by atoms with Gasteiger partial charge in [0.2, 0.25) is 0 Å². The zero-order valence-corrected chi connectivity index (χ0v) is 10.3. The van der Waals surface area contributed by atoms with Crippen LogP contribution in [-0.2, 0) is 0 Å². The van der Waals surface area contributed by atoms with E-state index in [2.05, 4.69) is 58.2 Å². The van der Waals surface area contributed by atoms with Gasteiger partial charge in [0.25, 0.3) is 0 Å². The quantitative estimate of drug-likeness (QED) is 0.678. The van der Waals surface area contributed by atoms with Crippen LogP contribution in [-0.4, -0.2) is 0 Å². The molecule has 0 aliphatic heterocycles. The first-order chi connectivity index (χ1) is 7.54. The second-order valence-electron chi connectivity index (χ2n) is 4.70. The third-order valence-electron chi connectivity index (χ3n) is 3.34. The van der Waals surface area contributed by atoms with Gasteiger partial charge in [0, 0.05) is 0 Å². The average Bonchev–Trinajstić information content (AvgIpc) is 2.26. The highest BCUT2D eigenvalue weighted by molar-refractivity contribution is 5.85. The van der Waals surface area contributed by atoms with Crippen LogP contribution in [0.4, 0.5) is 0 Å². The average molecular weight is 210 g/mol. The Labute approximate surface area is 96.9 Å². The van der Waals surface area contributed by atoms with Gasteiger partial charge in [-0.2, -0.15) is 0 Å². The van der Waals surface area contributed by atoms with Crippen molar-refractivity contribution in [2.45, 2.75) is 26.7 Å². The van der Waals surface area contributed by atoms with Crippen molar-refractivity contribution in [2.24, 2.45) is 0 Å². The van der Waals surface area contributed by atoms with E-state index in [1.807, 2.05) is 0 Å². The Balaban J connectivity index is 3.07. The highest BCUT2D eigenvalue weighted by Gasteiger charge is 2.09. The summed E-state index contributed by atoms with van der Waals surface area (Å²) in [5.41, 5.74) is 2.64. The monoisotopic (exact) mass is 210 g/mol. The third kappa shape index (κ3) is 1.46. The summed E-state index contributed by atoms with van der Waals surface area (Å²) >= 11 is 0. The molecule has 0 N–H and O–H groups in total. The van der Waals surface area contributed by atoms with Crippen molar-refractivity contribution in [3.05, 3.63) is 45.8 Å². The Hall–Kier alpha value is -1.56. The van der Waals surface area contributed by atoms with E-state index in [0.29, 0.717) is 5.92 Å². The lowest BCUT2D eigenvalue weighted by Gasteiger charge is -2.14. The summed E-state index contributed by atoms with van der Waals surface area (Å²) in [5, 5.41) is 4.78. The van der Waals surface area contributed by atoms with Crippen LogP contribution in [0.2, 0.25) is 0 Å². The summed E-state index contributed by atoms with van der Waals surface area (Å²) in [6.45, 7) is 15.0. The molecule has 0 amide bonds. The van der Waals surface area contributed by atoms with E-state index in [1.54, 1.807) is 0 Å². The molecule has 82 valence electrons. The standard InChI is InChI=1S/C16H18/c1-10(2)16-12(4)11(3)14-8-6-7-9-15(14)13(16)5/h6-10H,3,5H2,1-2,4H3. The summed E-state index contributed by atoms with van der Waals surface area (Å²) in [4.78, 5) is 0. The molecular weight excluding hydrogens is 192 g/mol. The van der Waals surface area contributed by atoms with Crippen molar-refractivity contribution in [1.29, 1.82) is 0 Å². The van der Waals surface area contributed by atoms with Gasteiger partial charge in [-0.25, -0.2) is 0 Å². The molecule has 0 nitrogen and oxygen atoms in total. The number of benzene rings is 2. The van der Waals surface area contributed by atoms with E-state index >= 15 is 0 Å². The van der Waals surface area contributed by atoms with Crippen molar-refractivity contribution in [3.63, 3.8) is 0 Å². The first kappa shape index (κ1) is 10.9. The lowest BCUT2D eigenvalue weighted by molar-refractivity contribution is 0.850. The molecule has 0 heteroatoms. The molecule has 0 saturated heterocycles. The van der Waals surface area contributed by atoms with Crippen molar-refractivity contribution in [2.75, 3.05) is 0 Å². The Morgan fingerprint density at radius 1 is 0.938 bits per heavy atom. The Morgan fingerprint density at radius 3 is 1.94 bits per heavy atom. The van der Waals surface area contributed by atoms with Gasteiger partial charge in [-0.05, 0) is 45.2 Å². The molecule has 2 aromatic rings. The van der Waals surface area contributed by atoms with Gasteiger partial charge in [0.15, 0.2) is 0 Å². The van der Waals surface area contributed by atoms with Crippen LogP contribution in [0.1, 0.15) is 30.9 Å². The SMILES string of the molecule is C=c1c(C)c(C(C)C)c(=C)c2ccccc12. The maximum atomic E-state index is 4.24. The van der Waals surface area contributed by atoms with Crippen LogP contribution < -0.4 is 10.4 Å². The molecule has 2 rings (SSSR count). The van der Waals surface area contributed by atoms with E-state index in [0.717, 1.165) is 10.4 Å². The Morgan fingerprint density at radius 2 is 1.44 bits per heavy atom. The van der Waals surface area contributed by atoms with E-state index in [4.69, 9.17) is 0 Å². The van der Waals surface area contributed by atoms with Crippen LogP contribution in [0.25, 0.3) is 23.9 Å². The molecule has 0 bridgehead atoms. The molecule has 0 aliphatic carbocycles. The second-order valence-corrected chi connectivity index (χ2v) is 4.70. The minimum Gasteiger partial charge on any atom is -0.0909 e. The van der Waals surface area contributed by atoms with Gasteiger partial charge < -0.3 is 0 Å². The molecule has 0 radical (unpaired) electrons. The molecule has 16 heavy (non-hydrogen) atoms. The summed E-state index contributed by atoms with van der Waals surface area (Å²) in [6, 6.07) is 8.39. The van der Waals surface area contributed by atoms with Crippen LogP contribution in [0, 0.1) is 6.92 Å². The van der Waals surface area contributed by atoms with Crippen LogP contribution in [0.5, 0.6) is 0 Å². The predicted molar refractivity (Wildman–Crippen MR) is 73.1 cm³/mol. The minimum atomic E-state index is 0.498. The van der Waals surface area contributed by atoms with Gasteiger partial charge in [0.1, 0.15) is 0 Å². The van der Waals surface area contributed by atoms with E-state index < -0.39 is 0 Å². The van der Waals surface area contributed by atoms with Crippen LogP contribution in [0.15, 0.2) is 24.3 Å². The van der Waals surface area contributed by atoms with E-state index in [9.17, 15) is 0 Å². The molecule has 0 unspecified atom stereocenters. The lowest BCUT2D eigenvalue weighted by Crippen LogP contribution is -2.21. The summed E-state index contributed by atoms with van der Waals surface area (Å²) in [6.07, 6.45) is 0. The molecule has 0 spiro atoms. The number of hydrogen-bond acceptors (Lipinski definition) is 0. The maximum absolute atomic E-state index is 4.24. The fraction of sp³-hybridized carbons (Fsp3) is 0.250. The summed E-state index contributed by atoms with van der Waals surface area (Å²) < 4.78 is 0. The predicted octanol–water partition coefficient (Wildman–Crippen LogP) is 3.09. The second kappa shape index (κ2) is 3.79. The smallest absolute Gasteiger partial charge is 0.0109 e. The topological polar surface area (TPSA) is 0 Å². The number of hydrogen-bond donors (Lipinski definition) is 0. The molecule has 0 aromatic heterocycles. The highest BCUT2D eigenvalue weighted by Crippen LogP contribution is 2.16. The first-order valence-corrected chi connectivity index (χ1v) is 5.73. The van der Waals surface area contributed by atoms with Crippen molar-refractivity contribution in [3.8, 4) is 0 Å². The highest BCUT2D eigenvalue weighted by atomic mass is 14.1. The number of fused-ring (bicyclic) bond motifs is 1. The molecule has 0 heterocycles. The largest absolute Gasteiger partial charge is 0.0909 e. The molecule has 0 aliphatic rings. The third-order valence-corrected chi connectivity index (χ3v) is 3.34. The fourth-order valence-electron chi connectivity index (χ4n) is 2.53. The summed E-state index contributed by atoms with van der Waals surface area (Å²) in [7, 11) is 0. The molecule has 2 aromatic carbocycles. The van der Waals surface area contributed by atoms with Gasteiger partial charge in [-0.1, -0.05) is 51.3 Å². The summed E-state index contributed by atoms with van der Waals surface area (Å²) in [5.74, 6) is 0.498. The maximum Gasteiger partial charge on any atom is -0.0109 e. The van der Waals surface area contributed by atoms with E-state index in [1.165, 1.54) is 21.9 Å². The van der Waals surface area contributed by atoms with Crippen molar-refractivity contribution in [1.82, 2.24) is 0 Å². The first-order valence-electron chi connectivity index (χ1n) is 5.73. The minimum absolute atomic E-state index is 0.498. The molecule has 0 fully saturated rings. The zero-order valence-electron chi connectivity index (χ0n) is 10.3. The zero-order chi connectivity index (χ0) is 11.9. The van der Waals surface area contributed by atoms with Gasteiger partial charge in [0.05, 0.1) is 0 Å². The Kier molecular flexibility index (Phi) is 2.59. The van der Waals surface area contributed by atoms with Crippen LogP contribution in [0.3, 0.4) is 0 Å². The molecule has 0 atom stereocenters. The van der Waals surface area contributed by atoms with Crippen molar-refractivity contribution < 1.29 is 0 Å². The van der Waals surface area contributed by atoms with Crippen LogP contribution >= 0.6 is 0 Å². The number of rotatable bonds is 1. The van der Waals surface area contributed by atoms with E-state index in [-0.39, 0.29) is 0 Å². The van der Waals surface area contributed by atoms with Crippen molar-refractivity contribution >= 4 is 23.9 Å². The van der Waals surface area contributed by atoms with Gasteiger partial charge in [-0.15, -0.1) is 0 Å². The Bertz CT molecular complexity index is 633. The lowest BCUT2D eigenvalue weighted by atomic mass is 9.90. The fourth-order valence-corrected chi connectivity index (χ4v) is 2.53. The van der Waals surface area contributed by atoms with Gasteiger partial charge in [-0.3, -0.25) is 0 Å². The molecule has 0 saturated carbocycles. The normalized spacial score (nSPS) is 11.2.